The number of nitrogens with zero attached hydrogens (tertiary/aromatic N) is 1. The zero-order valence-electron chi connectivity index (χ0n) is 13.5. The zero-order chi connectivity index (χ0) is 17.1. The summed E-state index contributed by atoms with van der Waals surface area (Å²) in [7, 11) is 0. The number of rotatable bonds is 5. The van der Waals surface area contributed by atoms with E-state index in [1.165, 1.54) is 6.92 Å². The maximum atomic E-state index is 12.7. The van der Waals surface area contributed by atoms with Crippen LogP contribution in [-0.4, -0.2) is 28.4 Å². The van der Waals surface area contributed by atoms with Crippen LogP contribution in [0, 0.1) is 5.92 Å². The number of hydrogen-bond acceptors (Lipinski definition) is 3. The van der Waals surface area contributed by atoms with Gasteiger partial charge in [-0.05, 0) is 18.1 Å². The van der Waals surface area contributed by atoms with Crippen LogP contribution in [0.4, 0.5) is 0 Å². The van der Waals surface area contributed by atoms with Crippen LogP contribution in [-0.2, 0) is 27.3 Å². The summed E-state index contributed by atoms with van der Waals surface area (Å²) in [6.45, 7) is 1.65. The Bertz CT molecular complexity index is 695. The molecular weight excluding hydrogens is 302 g/mol. The summed E-state index contributed by atoms with van der Waals surface area (Å²) in [5, 5.41) is 0. The van der Waals surface area contributed by atoms with Gasteiger partial charge < -0.3 is 4.90 Å². The van der Waals surface area contributed by atoms with Gasteiger partial charge in [-0.15, -0.1) is 0 Å². The molecule has 2 aromatic rings. The molecule has 4 nitrogen and oxygen atoms in total. The Kier molecular flexibility index (Phi) is 4.56. The van der Waals surface area contributed by atoms with Crippen LogP contribution in [0.1, 0.15) is 18.1 Å². The standard InChI is InChI=1S/C20H19NO3/c1-14(22)18-19(23)17(12-15-8-4-2-5-9-15)21(20(18)24)13-16-10-6-3-7-11-16/h2-11,17-18H,12-13H2,1H3/t17-,18?/m1/s1. The number of ketones is 2. The number of carbonyl (C=O) groups excluding carboxylic acids is 3. The smallest absolute Gasteiger partial charge is 0.241 e. The number of carbonyl (C=O) groups is 3. The van der Waals surface area contributed by atoms with Crippen molar-refractivity contribution in [2.24, 2.45) is 5.92 Å². The van der Waals surface area contributed by atoms with E-state index in [9.17, 15) is 14.4 Å². The second-order valence-corrected chi connectivity index (χ2v) is 6.10. The quantitative estimate of drug-likeness (QED) is 0.795. The van der Waals surface area contributed by atoms with Crippen molar-refractivity contribution in [3.05, 3.63) is 71.8 Å². The molecule has 1 amide bonds. The Morgan fingerprint density at radius 2 is 1.46 bits per heavy atom. The van der Waals surface area contributed by atoms with E-state index in [1.807, 2.05) is 60.7 Å². The van der Waals surface area contributed by atoms with Gasteiger partial charge in [0.15, 0.2) is 11.7 Å². The molecule has 1 unspecified atom stereocenters. The SMILES string of the molecule is CC(=O)C1C(=O)[C@@H](Cc2ccccc2)N(Cc2ccccc2)C1=O. The number of amides is 1. The second-order valence-electron chi connectivity index (χ2n) is 6.10. The lowest BCUT2D eigenvalue weighted by Crippen LogP contribution is -2.36. The zero-order valence-corrected chi connectivity index (χ0v) is 13.5. The van der Waals surface area contributed by atoms with E-state index in [4.69, 9.17) is 0 Å². The molecule has 1 aliphatic rings. The molecular formula is C20H19NO3. The van der Waals surface area contributed by atoms with E-state index >= 15 is 0 Å². The van der Waals surface area contributed by atoms with Gasteiger partial charge in [-0.1, -0.05) is 60.7 Å². The first-order valence-corrected chi connectivity index (χ1v) is 8.00. The van der Waals surface area contributed by atoms with Gasteiger partial charge >= 0.3 is 0 Å². The third kappa shape index (κ3) is 3.13. The highest BCUT2D eigenvalue weighted by Crippen LogP contribution is 2.27. The van der Waals surface area contributed by atoms with Crippen molar-refractivity contribution in [2.75, 3.05) is 0 Å². The fraction of sp³-hybridized carbons (Fsp3) is 0.250. The molecule has 1 fully saturated rings. The van der Waals surface area contributed by atoms with Gasteiger partial charge in [-0.2, -0.15) is 0 Å². The molecule has 1 heterocycles. The molecule has 4 heteroatoms. The fourth-order valence-electron chi connectivity index (χ4n) is 3.18. The first-order valence-electron chi connectivity index (χ1n) is 8.00. The van der Waals surface area contributed by atoms with Gasteiger partial charge in [0.25, 0.3) is 0 Å². The van der Waals surface area contributed by atoms with Crippen LogP contribution in [0.5, 0.6) is 0 Å². The van der Waals surface area contributed by atoms with Gasteiger partial charge in [-0.3, -0.25) is 14.4 Å². The van der Waals surface area contributed by atoms with Gasteiger partial charge in [0.05, 0.1) is 6.04 Å². The van der Waals surface area contributed by atoms with Crippen LogP contribution in [0.3, 0.4) is 0 Å². The van der Waals surface area contributed by atoms with E-state index in [1.54, 1.807) is 4.90 Å². The molecule has 1 saturated heterocycles. The minimum absolute atomic E-state index is 0.285. The van der Waals surface area contributed by atoms with Crippen molar-refractivity contribution >= 4 is 17.5 Å². The van der Waals surface area contributed by atoms with Crippen molar-refractivity contribution in [1.29, 1.82) is 0 Å². The Labute approximate surface area is 141 Å². The summed E-state index contributed by atoms with van der Waals surface area (Å²) in [4.78, 5) is 38.7. The third-order valence-electron chi connectivity index (χ3n) is 4.39. The van der Waals surface area contributed by atoms with E-state index in [0.29, 0.717) is 13.0 Å². The summed E-state index contributed by atoms with van der Waals surface area (Å²) in [6, 6.07) is 18.5. The average molecular weight is 321 g/mol. The Morgan fingerprint density at radius 3 is 2.00 bits per heavy atom. The van der Waals surface area contributed by atoms with Crippen LogP contribution in [0.25, 0.3) is 0 Å². The van der Waals surface area contributed by atoms with Crippen molar-refractivity contribution in [2.45, 2.75) is 25.9 Å². The Morgan fingerprint density at radius 1 is 0.917 bits per heavy atom. The highest BCUT2D eigenvalue weighted by atomic mass is 16.2. The second kappa shape index (κ2) is 6.79. The Balaban J connectivity index is 1.90. The van der Waals surface area contributed by atoms with E-state index in [-0.39, 0.29) is 17.5 Å². The van der Waals surface area contributed by atoms with Crippen LogP contribution >= 0.6 is 0 Å². The molecule has 0 bridgehead atoms. The number of likely N-dealkylation sites (tertiary alicyclic amines) is 1. The predicted molar refractivity (Wildman–Crippen MR) is 90.1 cm³/mol. The van der Waals surface area contributed by atoms with Crippen molar-refractivity contribution in [3.63, 3.8) is 0 Å². The van der Waals surface area contributed by atoms with E-state index < -0.39 is 12.0 Å². The van der Waals surface area contributed by atoms with E-state index in [2.05, 4.69) is 0 Å². The molecule has 122 valence electrons. The number of hydrogen-bond donors (Lipinski definition) is 0. The van der Waals surface area contributed by atoms with Crippen molar-refractivity contribution in [1.82, 2.24) is 4.90 Å². The molecule has 2 atom stereocenters. The molecule has 0 N–H and O–H groups in total. The van der Waals surface area contributed by atoms with Crippen molar-refractivity contribution < 1.29 is 14.4 Å². The summed E-state index contributed by atoms with van der Waals surface area (Å²) >= 11 is 0. The molecule has 0 radical (unpaired) electrons. The first-order chi connectivity index (χ1) is 11.6. The summed E-state index contributed by atoms with van der Waals surface area (Å²) < 4.78 is 0. The summed E-state index contributed by atoms with van der Waals surface area (Å²) in [6.07, 6.45) is 0.433. The lowest BCUT2D eigenvalue weighted by atomic mass is 9.96. The highest BCUT2D eigenvalue weighted by molar-refractivity contribution is 6.23. The van der Waals surface area contributed by atoms with Crippen LogP contribution in [0.2, 0.25) is 0 Å². The largest absolute Gasteiger partial charge is 0.327 e. The summed E-state index contributed by atoms with van der Waals surface area (Å²) in [5.74, 6) is -2.19. The maximum Gasteiger partial charge on any atom is 0.241 e. The number of benzene rings is 2. The van der Waals surface area contributed by atoms with Crippen molar-refractivity contribution in [3.8, 4) is 0 Å². The average Bonchev–Trinajstić information content (AvgIpc) is 2.81. The minimum Gasteiger partial charge on any atom is -0.327 e. The van der Waals surface area contributed by atoms with Crippen LogP contribution < -0.4 is 0 Å². The molecule has 2 aromatic carbocycles. The molecule has 0 saturated carbocycles. The lowest BCUT2D eigenvalue weighted by Gasteiger charge is -2.23. The number of Topliss-reactive ketones (excluding diaryl/α,β-unsaturated/α-hetero) is 2. The molecule has 0 spiro atoms. The van der Waals surface area contributed by atoms with Gasteiger partial charge in [0, 0.05) is 13.0 Å². The first kappa shape index (κ1) is 16.1. The highest BCUT2D eigenvalue weighted by Gasteiger charge is 2.49. The van der Waals surface area contributed by atoms with Gasteiger partial charge in [-0.25, -0.2) is 0 Å². The Hall–Kier alpha value is -2.75. The third-order valence-corrected chi connectivity index (χ3v) is 4.39. The molecule has 3 rings (SSSR count). The monoisotopic (exact) mass is 321 g/mol. The summed E-state index contributed by atoms with van der Waals surface area (Å²) in [5.41, 5.74) is 1.92. The molecule has 24 heavy (non-hydrogen) atoms. The van der Waals surface area contributed by atoms with E-state index in [0.717, 1.165) is 11.1 Å². The predicted octanol–water partition coefficient (Wildman–Crippen LogP) is 2.41. The molecule has 0 aromatic heterocycles. The topological polar surface area (TPSA) is 54.5 Å². The van der Waals surface area contributed by atoms with Crippen LogP contribution in [0.15, 0.2) is 60.7 Å². The van der Waals surface area contributed by atoms with Gasteiger partial charge in [0.2, 0.25) is 5.91 Å². The minimum atomic E-state index is -1.15. The molecule has 0 aliphatic carbocycles. The molecule has 1 aliphatic heterocycles. The normalized spacial score (nSPS) is 20.5. The lowest BCUT2D eigenvalue weighted by molar-refractivity contribution is -0.138. The van der Waals surface area contributed by atoms with Gasteiger partial charge in [0.1, 0.15) is 5.78 Å². The maximum absolute atomic E-state index is 12.7. The fourth-order valence-corrected chi connectivity index (χ4v) is 3.18.